The molecular weight excluding hydrogens is 440 g/mol. The number of nitrogens with zero attached hydrogens (tertiary/aromatic N) is 3. The number of hydrogen-bond acceptors (Lipinski definition) is 4. The van der Waals surface area contributed by atoms with Gasteiger partial charge in [0, 0.05) is 30.9 Å². The molecule has 184 valence electrons. The van der Waals surface area contributed by atoms with Crippen LogP contribution in [0.5, 0.6) is 0 Å². The Morgan fingerprint density at radius 3 is 2.49 bits per heavy atom. The van der Waals surface area contributed by atoms with Crippen LogP contribution < -0.4 is 15.1 Å². The number of likely N-dealkylation sites (tertiary alicyclic amines) is 1. The van der Waals surface area contributed by atoms with Gasteiger partial charge >= 0.3 is 0 Å². The van der Waals surface area contributed by atoms with Crippen molar-refractivity contribution < 1.29 is 14.4 Å². The highest BCUT2D eigenvalue weighted by Crippen LogP contribution is 2.40. The van der Waals surface area contributed by atoms with Crippen molar-refractivity contribution in [2.75, 3.05) is 41.3 Å². The largest absolute Gasteiger partial charge is 0.358 e. The van der Waals surface area contributed by atoms with Crippen molar-refractivity contribution in [1.82, 2.24) is 4.90 Å². The van der Waals surface area contributed by atoms with Gasteiger partial charge in [-0.3, -0.25) is 19.3 Å². The lowest BCUT2D eigenvalue weighted by Crippen LogP contribution is -2.56. The number of amides is 3. The van der Waals surface area contributed by atoms with E-state index in [0.717, 1.165) is 80.7 Å². The normalized spacial score (nSPS) is 19.8. The lowest BCUT2D eigenvalue weighted by Gasteiger charge is -2.45. The van der Waals surface area contributed by atoms with E-state index in [1.54, 1.807) is 4.90 Å². The molecule has 0 radical (unpaired) electrons. The number of benzene rings is 2. The van der Waals surface area contributed by atoms with Crippen LogP contribution in [0.15, 0.2) is 36.4 Å². The van der Waals surface area contributed by atoms with Gasteiger partial charge in [0.1, 0.15) is 12.6 Å². The van der Waals surface area contributed by atoms with Crippen LogP contribution in [-0.4, -0.2) is 54.8 Å². The smallest absolute Gasteiger partial charge is 0.253 e. The molecule has 2 fully saturated rings. The van der Waals surface area contributed by atoms with Gasteiger partial charge in [0.25, 0.3) is 5.91 Å². The Balaban J connectivity index is 1.45. The summed E-state index contributed by atoms with van der Waals surface area (Å²) < 4.78 is 0. The van der Waals surface area contributed by atoms with Gasteiger partial charge in [-0.05, 0) is 87.8 Å². The SMILES string of the molecule is Cc1ccc(C)c(NC(=O)CN2C(=O)[C@@H]3CCCCN3c3ccc(C(=O)N4CCCCC4)cc32)c1. The van der Waals surface area contributed by atoms with Gasteiger partial charge in [-0.25, -0.2) is 0 Å². The maximum atomic E-state index is 13.6. The predicted molar refractivity (Wildman–Crippen MR) is 138 cm³/mol. The summed E-state index contributed by atoms with van der Waals surface area (Å²) in [7, 11) is 0. The number of nitrogens with one attached hydrogen (secondary N) is 1. The second-order valence-electron chi connectivity index (χ2n) is 10.1. The third-order valence-corrected chi connectivity index (χ3v) is 7.49. The minimum Gasteiger partial charge on any atom is -0.358 e. The van der Waals surface area contributed by atoms with Gasteiger partial charge in [0.05, 0.1) is 11.4 Å². The van der Waals surface area contributed by atoms with Crippen LogP contribution in [0.2, 0.25) is 0 Å². The fourth-order valence-electron chi connectivity index (χ4n) is 5.54. The van der Waals surface area contributed by atoms with E-state index in [-0.39, 0.29) is 30.3 Å². The summed E-state index contributed by atoms with van der Waals surface area (Å²) in [6.07, 6.45) is 6.01. The third-order valence-electron chi connectivity index (χ3n) is 7.49. The average Bonchev–Trinajstić information content (AvgIpc) is 2.88. The van der Waals surface area contributed by atoms with Gasteiger partial charge in [-0.15, -0.1) is 0 Å². The Morgan fingerprint density at radius 1 is 0.914 bits per heavy atom. The number of hydrogen-bond donors (Lipinski definition) is 1. The molecule has 7 heteroatoms. The van der Waals surface area contributed by atoms with Gasteiger partial charge in [-0.1, -0.05) is 12.1 Å². The predicted octanol–water partition coefficient (Wildman–Crippen LogP) is 4.27. The molecule has 1 atom stereocenters. The first-order chi connectivity index (χ1) is 16.9. The van der Waals surface area contributed by atoms with Crippen LogP contribution >= 0.6 is 0 Å². The van der Waals surface area contributed by atoms with E-state index < -0.39 is 0 Å². The van der Waals surface area contributed by atoms with Gasteiger partial charge in [0.2, 0.25) is 11.8 Å². The Labute approximate surface area is 207 Å². The highest BCUT2D eigenvalue weighted by Gasteiger charge is 2.40. The van der Waals surface area contributed by atoms with Crippen LogP contribution in [-0.2, 0) is 9.59 Å². The highest BCUT2D eigenvalue weighted by atomic mass is 16.2. The topological polar surface area (TPSA) is 73.0 Å². The molecule has 5 rings (SSSR count). The van der Waals surface area contributed by atoms with Crippen molar-refractivity contribution in [1.29, 1.82) is 0 Å². The van der Waals surface area contributed by atoms with Crippen LogP contribution in [0.25, 0.3) is 0 Å². The molecule has 2 aromatic rings. The Hall–Kier alpha value is -3.35. The zero-order valence-electron chi connectivity index (χ0n) is 20.7. The average molecular weight is 475 g/mol. The molecule has 0 bridgehead atoms. The van der Waals surface area contributed by atoms with Gasteiger partial charge < -0.3 is 15.1 Å². The fraction of sp³-hybridized carbons (Fsp3) is 0.464. The Kier molecular flexibility index (Phi) is 6.50. The fourth-order valence-corrected chi connectivity index (χ4v) is 5.54. The van der Waals surface area contributed by atoms with Gasteiger partial charge in [-0.2, -0.15) is 0 Å². The lowest BCUT2D eigenvalue weighted by atomic mass is 9.95. The summed E-state index contributed by atoms with van der Waals surface area (Å²) in [6, 6.07) is 11.3. The van der Waals surface area contributed by atoms with E-state index in [0.29, 0.717) is 11.3 Å². The lowest BCUT2D eigenvalue weighted by molar-refractivity contribution is -0.123. The number of rotatable bonds is 4. The van der Waals surface area contributed by atoms with Crippen LogP contribution in [0, 0.1) is 13.8 Å². The number of piperidine rings is 2. The number of carbonyl (C=O) groups excluding carboxylic acids is 3. The van der Waals surface area contributed by atoms with Gasteiger partial charge in [0.15, 0.2) is 0 Å². The maximum absolute atomic E-state index is 13.6. The summed E-state index contributed by atoms with van der Waals surface area (Å²) in [5.41, 5.74) is 4.96. The molecule has 0 spiro atoms. The van der Waals surface area contributed by atoms with Crippen molar-refractivity contribution in [3.05, 3.63) is 53.1 Å². The number of aryl methyl sites for hydroxylation is 2. The minimum atomic E-state index is -0.256. The monoisotopic (exact) mass is 474 g/mol. The molecule has 3 aliphatic heterocycles. The van der Waals surface area contributed by atoms with E-state index in [4.69, 9.17) is 0 Å². The maximum Gasteiger partial charge on any atom is 0.253 e. The van der Waals surface area contributed by atoms with Crippen molar-refractivity contribution in [2.24, 2.45) is 0 Å². The van der Waals surface area contributed by atoms with E-state index >= 15 is 0 Å². The molecule has 0 aromatic heterocycles. The molecule has 35 heavy (non-hydrogen) atoms. The van der Waals surface area contributed by atoms with Crippen LogP contribution in [0.1, 0.15) is 60.0 Å². The van der Waals surface area contributed by atoms with Crippen LogP contribution in [0.3, 0.4) is 0 Å². The number of carbonyl (C=O) groups is 3. The highest BCUT2D eigenvalue weighted by molar-refractivity contribution is 6.11. The van der Waals surface area contributed by atoms with E-state index in [1.807, 2.05) is 55.1 Å². The van der Waals surface area contributed by atoms with Crippen LogP contribution in [0.4, 0.5) is 17.1 Å². The Morgan fingerprint density at radius 2 is 1.69 bits per heavy atom. The molecule has 3 heterocycles. The first-order valence-corrected chi connectivity index (χ1v) is 12.8. The molecule has 2 saturated heterocycles. The number of anilines is 3. The zero-order valence-corrected chi connectivity index (χ0v) is 20.7. The summed E-state index contributed by atoms with van der Waals surface area (Å²) >= 11 is 0. The molecule has 1 N–H and O–H groups in total. The zero-order chi connectivity index (χ0) is 24.5. The molecule has 2 aromatic carbocycles. The van der Waals surface area contributed by atoms with Crippen molar-refractivity contribution >= 4 is 34.8 Å². The summed E-state index contributed by atoms with van der Waals surface area (Å²) in [4.78, 5) is 45.6. The first kappa shape index (κ1) is 23.4. The Bertz CT molecular complexity index is 1150. The van der Waals surface area contributed by atoms with Crippen molar-refractivity contribution in [2.45, 2.75) is 58.4 Å². The quantitative estimate of drug-likeness (QED) is 0.718. The molecule has 0 saturated carbocycles. The molecule has 0 unspecified atom stereocenters. The molecule has 0 aliphatic carbocycles. The third kappa shape index (κ3) is 4.64. The van der Waals surface area contributed by atoms with E-state index in [1.165, 1.54) is 0 Å². The summed E-state index contributed by atoms with van der Waals surface area (Å²) in [5.74, 6) is -0.300. The molecule has 3 amide bonds. The van der Waals surface area contributed by atoms with E-state index in [9.17, 15) is 14.4 Å². The summed E-state index contributed by atoms with van der Waals surface area (Å²) in [5, 5.41) is 2.99. The number of fused-ring (bicyclic) bond motifs is 3. The molecule has 3 aliphatic rings. The molecular formula is C28H34N4O3. The second-order valence-corrected chi connectivity index (χ2v) is 10.1. The molecule has 7 nitrogen and oxygen atoms in total. The minimum absolute atomic E-state index is 0.000466. The van der Waals surface area contributed by atoms with Crippen molar-refractivity contribution in [3.63, 3.8) is 0 Å². The van der Waals surface area contributed by atoms with E-state index in [2.05, 4.69) is 10.2 Å². The second kappa shape index (κ2) is 9.72. The summed E-state index contributed by atoms with van der Waals surface area (Å²) in [6.45, 7) is 6.21. The van der Waals surface area contributed by atoms with Crippen molar-refractivity contribution in [3.8, 4) is 0 Å². The first-order valence-electron chi connectivity index (χ1n) is 12.8. The standard InChI is InChI=1S/C28H34N4O3/c1-19-9-10-20(2)22(16-19)29-26(33)18-32-25-17-21(27(34)30-13-5-3-6-14-30)11-12-23(25)31-15-7-4-8-24(31)28(32)35/h9-12,16-17,24H,3-8,13-15,18H2,1-2H3,(H,29,33)/t24-/m0/s1.